The van der Waals surface area contributed by atoms with E-state index < -0.39 is 35.0 Å². The number of halogens is 4. The highest BCUT2D eigenvalue weighted by atomic mass is 19.4. The number of aromatic nitrogens is 2. The van der Waals surface area contributed by atoms with Crippen LogP contribution in [-0.2, 0) is 10.9 Å². The van der Waals surface area contributed by atoms with Gasteiger partial charge < -0.3 is 14.5 Å². The molecular weight excluding hydrogens is 456 g/mol. The summed E-state index contributed by atoms with van der Waals surface area (Å²) in [5.41, 5.74) is -0.826. The van der Waals surface area contributed by atoms with Gasteiger partial charge in [0.25, 0.3) is 5.91 Å². The fourth-order valence-electron chi connectivity index (χ4n) is 3.78. The molecule has 2 aromatic carbocycles. The van der Waals surface area contributed by atoms with Crippen LogP contribution in [-0.4, -0.2) is 59.5 Å². The summed E-state index contributed by atoms with van der Waals surface area (Å²) in [6.07, 6.45) is -4.87. The summed E-state index contributed by atoms with van der Waals surface area (Å²) >= 11 is 0. The van der Waals surface area contributed by atoms with Crippen LogP contribution >= 0.6 is 0 Å². The standard InChI is InChI=1S/C23H20F4N4O3/c1-2-34-22(33)19-20(29-18-6-4-3-5-17(18)28-19)30-9-11-31(12-10-30)21(32)15-8-7-14(24)13-16(15)23(25,26)27/h3-8,13H,2,9-12H2,1H3. The first-order valence-electron chi connectivity index (χ1n) is 10.5. The molecule has 178 valence electrons. The summed E-state index contributed by atoms with van der Waals surface area (Å²) in [5, 5.41) is 0. The monoisotopic (exact) mass is 476 g/mol. The van der Waals surface area contributed by atoms with Crippen molar-refractivity contribution in [3.63, 3.8) is 0 Å². The third-order valence-corrected chi connectivity index (χ3v) is 5.40. The first-order chi connectivity index (χ1) is 16.2. The molecule has 3 aromatic rings. The molecule has 0 N–H and O–H groups in total. The van der Waals surface area contributed by atoms with E-state index in [1.807, 2.05) is 0 Å². The topological polar surface area (TPSA) is 75.6 Å². The minimum atomic E-state index is -4.87. The average molecular weight is 476 g/mol. The number of piperazine rings is 1. The van der Waals surface area contributed by atoms with Gasteiger partial charge in [0, 0.05) is 26.2 Å². The molecule has 1 aliphatic heterocycles. The Morgan fingerprint density at radius 1 is 1.00 bits per heavy atom. The van der Waals surface area contributed by atoms with Crippen molar-refractivity contribution >= 4 is 28.7 Å². The van der Waals surface area contributed by atoms with Crippen molar-refractivity contribution in [1.82, 2.24) is 14.9 Å². The highest BCUT2D eigenvalue weighted by Crippen LogP contribution is 2.33. The van der Waals surface area contributed by atoms with Crippen molar-refractivity contribution in [3.05, 3.63) is 65.1 Å². The molecule has 1 aromatic heterocycles. The normalized spacial score (nSPS) is 14.4. The number of para-hydroxylation sites is 2. The zero-order valence-electron chi connectivity index (χ0n) is 18.1. The Kier molecular flexibility index (Phi) is 6.36. The molecule has 0 aliphatic carbocycles. The molecule has 11 heteroatoms. The van der Waals surface area contributed by atoms with Gasteiger partial charge in [-0.3, -0.25) is 4.79 Å². The van der Waals surface area contributed by atoms with Crippen LogP contribution in [0.5, 0.6) is 0 Å². The summed E-state index contributed by atoms with van der Waals surface area (Å²) in [6.45, 7) is 2.37. The number of fused-ring (bicyclic) bond motifs is 1. The van der Waals surface area contributed by atoms with Crippen LogP contribution < -0.4 is 4.90 Å². The Morgan fingerprint density at radius 3 is 2.26 bits per heavy atom. The lowest BCUT2D eigenvalue weighted by atomic mass is 10.0. The van der Waals surface area contributed by atoms with E-state index >= 15 is 0 Å². The highest BCUT2D eigenvalue weighted by Gasteiger charge is 2.37. The second kappa shape index (κ2) is 9.24. The third-order valence-electron chi connectivity index (χ3n) is 5.40. The Bertz CT molecular complexity index is 1240. The maximum absolute atomic E-state index is 13.4. The van der Waals surface area contributed by atoms with E-state index in [1.165, 1.54) is 4.90 Å². The summed E-state index contributed by atoms with van der Waals surface area (Å²) in [6, 6.07) is 9.00. The van der Waals surface area contributed by atoms with Gasteiger partial charge in [0.2, 0.25) is 0 Å². The second-order valence-electron chi connectivity index (χ2n) is 7.57. The number of esters is 1. The van der Waals surface area contributed by atoms with Crippen molar-refractivity contribution in [2.45, 2.75) is 13.1 Å². The predicted octanol–water partition coefficient (Wildman–Crippen LogP) is 3.93. The van der Waals surface area contributed by atoms with E-state index in [0.29, 0.717) is 17.1 Å². The number of hydrogen-bond donors (Lipinski definition) is 0. The van der Waals surface area contributed by atoms with Crippen molar-refractivity contribution in [2.24, 2.45) is 0 Å². The molecular formula is C23H20F4N4O3. The Balaban J connectivity index is 1.58. The van der Waals surface area contributed by atoms with Crippen LogP contribution in [0.3, 0.4) is 0 Å². The van der Waals surface area contributed by atoms with E-state index in [4.69, 9.17) is 4.74 Å². The molecule has 0 bridgehead atoms. The molecule has 34 heavy (non-hydrogen) atoms. The smallest absolute Gasteiger partial charge is 0.417 e. The Hall–Kier alpha value is -3.76. The van der Waals surface area contributed by atoms with Gasteiger partial charge in [0.15, 0.2) is 11.5 Å². The van der Waals surface area contributed by atoms with Gasteiger partial charge in [-0.15, -0.1) is 0 Å². The van der Waals surface area contributed by atoms with Crippen LogP contribution in [0.1, 0.15) is 33.3 Å². The van der Waals surface area contributed by atoms with Gasteiger partial charge in [-0.1, -0.05) is 12.1 Å². The van der Waals surface area contributed by atoms with Crippen LogP contribution in [0.2, 0.25) is 0 Å². The SMILES string of the molecule is CCOC(=O)c1nc2ccccc2nc1N1CCN(C(=O)c2ccc(F)cc2C(F)(F)F)CC1. The van der Waals surface area contributed by atoms with Gasteiger partial charge in [0.05, 0.1) is 28.8 Å². The summed E-state index contributed by atoms with van der Waals surface area (Å²) in [7, 11) is 0. The predicted molar refractivity (Wildman–Crippen MR) is 115 cm³/mol. The van der Waals surface area contributed by atoms with Gasteiger partial charge in [-0.2, -0.15) is 13.2 Å². The van der Waals surface area contributed by atoms with Crippen molar-refractivity contribution in [3.8, 4) is 0 Å². The van der Waals surface area contributed by atoms with E-state index in [1.54, 1.807) is 36.1 Å². The number of amides is 1. The van der Waals surface area contributed by atoms with Crippen LogP contribution in [0.15, 0.2) is 42.5 Å². The lowest BCUT2D eigenvalue weighted by Crippen LogP contribution is -2.49. The quantitative estimate of drug-likeness (QED) is 0.420. The van der Waals surface area contributed by atoms with E-state index in [0.717, 1.165) is 12.1 Å². The Labute approximate surface area is 192 Å². The molecule has 1 aliphatic rings. The maximum atomic E-state index is 13.4. The molecule has 1 fully saturated rings. The lowest BCUT2D eigenvalue weighted by molar-refractivity contribution is -0.138. The Morgan fingerprint density at radius 2 is 1.65 bits per heavy atom. The zero-order valence-corrected chi connectivity index (χ0v) is 18.1. The number of benzene rings is 2. The number of hydrogen-bond acceptors (Lipinski definition) is 6. The van der Waals surface area contributed by atoms with Gasteiger partial charge in [0.1, 0.15) is 5.82 Å². The number of carbonyl (C=O) groups is 2. The number of rotatable bonds is 4. The van der Waals surface area contributed by atoms with Gasteiger partial charge in [-0.25, -0.2) is 19.2 Å². The summed E-state index contributed by atoms with van der Waals surface area (Å²) in [4.78, 5) is 37.3. The summed E-state index contributed by atoms with van der Waals surface area (Å²) < 4.78 is 58.6. The van der Waals surface area contributed by atoms with Crippen LogP contribution in [0.4, 0.5) is 23.4 Å². The second-order valence-corrected chi connectivity index (χ2v) is 7.57. The summed E-state index contributed by atoms with van der Waals surface area (Å²) in [5.74, 6) is -2.28. The number of carbonyl (C=O) groups excluding carboxylic acids is 2. The molecule has 0 radical (unpaired) electrons. The molecule has 2 heterocycles. The molecule has 0 saturated carbocycles. The number of anilines is 1. The van der Waals surface area contributed by atoms with E-state index in [-0.39, 0.29) is 44.3 Å². The zero-order chi connectivity index (χ0) is 24.5. The van der Waals surface area contributed by atoms with Crippen molar-refractivity contribution in [2.75, 3.05) is 37.7 Å². The largest absolute Gasteiger partial charge is 0.461 e. The van der Waals surface area contributed by atoms with Gasteiger partial charge >= 0.3 is 12.1 Å². The fraction of sp³-hybridized carbons (Fsp3) is 0.304. The van der Waals surface area contributed by atoms with Crippen LogP contribution in [0.25, 0.3) is 11.0 Å². The molecule has 0 atom stereocenters. The molecule has 4 rings (SSSR count). The van der Waals surface area contributed by atoms with Crippen molar-refractivity contribution < 1.29 is 31.9 Å². The number of ether oxygens (including phenoxy) is 1. The minimum absolute atomic E-state index is 0.0261. The number of nitrogens with zero attached hydrogens (tertiary/aromatic N) is 4. The molecule has 1 saturated heterocycles. The lowest BCUT2D eigenvalue weighted by Gasteiger charge is -2.36. The van der Waals surface area contributed by atoms with Gasteiger partial charge in [-0.05, 0) is 37.3 Å². The first-order valence-corrected chi connectivity index (χ1v) is 10.5. The van der Waals surface area contributed by atoms with Crippen molar-refractivity contribution in [1.29, 1.82) is 0 Å². The molecule has 7 nitrogen and oxygen atoms in total. The maximum Gasteiger partial charge on any atom is 0.417 e. The fourth-order valence-corrected chi connectivity index (χ4v) is 3.78. The highest BCUT2D eigenvalue weighted by molar-refractivity contribution is 5.97. The average Bonchev–Trinajstić information content (AvgIpc) is 2.82. The number of alkyl halides is 3. The van der Waals surface area contributed by atoms with Crippen LogP contribution in [0, 0.1) is 5.82 Å². The van der Waals surface area contributed by atoms with E-state index in [9.17, 15) is 27.2 Å². The minimum Gasteiger partial charge on any atom is -0.461 e. The molecule has 1 amide bonds. The van der Waals surface area contributed by atoms with E-state index in [2.05, 4.69) is 9.97 Å². The first kappa shape index (κ1) is 23.4. The third kappa shape index (κ3) is 4.63. The molecule has 0 spiro atoms. The molecule has 0 unspecified atom stereocenters.